The second-order valence-electron chi connectivity index (χ2n) is 4.38. The molecule has 1 heterocycles. The zero-order valence-corrected chi connectivity index (χ0v) is 12.1. The van der Waals surface area contributed by atoms with Crippen LogP contribution in [0.15, 0.2) is 36.5 Å². The van der Waals surface area contributed by atoms with Gasteiger partial charge >= 0.3 is 5.97 Å². The molecule has 1 fully saturated rings. The Morgan fingerprint density at radius 2 is 2.10 bits per heavy atom. The van der Waals surface area contributed by atoms with Crippen molar-refractivity contribution in [1.29, 1.82) is 0 Å². The van der Waals surface area contributed by atoms with Crippen LogP contribution in [0.2, 0.25) is 0 Å². The van der Waals surface area contributed by atoms with Crippen molar-refractivity contribution < 1.29 is 19.0 Å². The third kappa shape index (κ3) is 8.67. The van der Waals surface area contributed by atoms with Crippen LogP contribution in [0.1, 0.15) is 32.6 Å². The van der Waals surface area contributed by atoms with Gasteiger partial charge in [-0.15, -0.1) is 0 Å². The number of hydrogen-bond donors (Lipinski definition) is 0. The van der Waals surface area contributed by atoms with Crippen LogP contribution >= 0.6 is 0 Å². The third-order valence-corrected chi connectivity index (χ3v) is 2.71. The van der Waals surface area contributed by atoms with Crippen molar-refractivity contribution >= 4 is 5.97 Å². The van der Waals surface area contributed by atoms with Crippen molar-refractivity contribution in [2.75, 3.05) is 19.8 Å². The lowest BCUT2D eigenvalue weighted by atomic mass is 10.2. The van der Waals surface area contributed by atoms with Crippen LogP contribution in [0.5, 0.6) is 0 Å². The highest BCUT2D eigenvalue weighted by atomic mass is 16.7. The standard InChI is InChI=1S/C16H24O4/c1-2-18-15(17)11-7-5-3-4-6-9-13-19-16-12-8-10-14-20-16/h3-7,11,16H,2,8-10,12-14H2,1H3/b5-3+,6-4+,11-7+. The number of esters is 1. The van der Waals surface area contributed by atoms with E-state index in [2.05, 4.69) is 0 Å². The van der Waals surface area contributed by atoms with E-state index in [0.29, 0.717) is 13.2 Å². The first kappa shape index (κ1) is 16.7. The van der Waals surface area contributed by atoms with Crippen molar-refractivity contribution in [3.8, 4) is 0 Å². The molecule has 1 rings (SSSR count). The second kappa shape index (κ2) is 11.4. The fourth-order valence-electron chi connectivity index (χ4n) is 1.74. The molecule has 4 heteroatoms. The molecule has 0 bridgehead atoms. The Labute approximate surface area is 121 Å². The minimum Gasteiger partial charge on any atom is -0.463 e. The second-order valence-corrected chi connectivity index (χ2v) is 4.38. The molecule has 0 aromatic heterocycles. The van der Waals surface area contributed by atoms with Gasteiger partial charge in [0.2, 0.25) is 0 Å². The van der Waals surface area contributed by atoms with E-state index in [4.69, 9.17) is 14.2 Å². The van der Waals surface area contributed by atoms with E-state index in [-0.39, 0.29) is 12.3 Å². The summed E-state index contributed by atoms with van der Waals surface area (Å²) in [7, 11) is 0. The molecule has 0 N–H and O–H groups in total. The molecular weight excluding hydrogens is 256 g/mol. The molecule has 20 heavy (non-hydrogen) atoms. The monoisotopic (exact) mass is 280 g/mol. The lowest BCUT2D eigenvalue weighted by molar-refractivity contribution is -0.161. The lowest BCUT2D eigenvalue weighted by Gasteiger charge is -2.22. The zero-order valence-electron chi connectivity index (χ0n) is 12.1. The summed E-state index contributed by atoms with van der Waals surface area (Å²) in [5.74, 6) is -0.318. The predicted octanol–water partition coefficient (Wildman–Crippen LogP) is 3.15. The maximum Gasteiger partial charge on any atom is 0.330 e. The minimum absolute atomic E-state index is 0.0137. The number of carbonyl (C=O) groups excluding carboxylic acids is 1. The molecule has 0 aliphatic carbocycles. The molecule has 1 saturated heterocycles. The van der Waals surface area contributed by atoms with Crippen molar-refractivity contribution in [1.82, 2.24) is 0 Å². The number of ether oxygens (including phenoxy) is 3. The predicted molar refractivity (Wildman–Crippen MR) is 78.2 cm³/mol. The number of hydrogen-bond acceptors (Lipinski definition) is 4. The van der Waals surface area contributed by atoms with Gasteiger partial charge in [0.15, 0.2) is 6.29 Å². The van der Waals surface area contributed by atoms with E-state index >= 15 is 0 Å². The van der Waals surface area contributed by atoms with Gasteiger partial charge in [0.1, 0.15) is 0 Å². The number of allylic oxidation sites excluding steroid dienone is 4. The van der Waals surface area contributed by atoms with Gasteiger partial charge in [0.05, 0.1) is 13.2 Å². The highest BCUT2D eigenvalue weighted by Crippen LogP contribution is 2.13. The summed E-state index contributed by atoms with van der Waals surface area (Å²) in [6.07, 6.45) is 14.9. The van der Waals surface area contributed by atoms with Gasteiger partial charge in [0, 0.05) is 12.7 Å². The smallest absolute Gasteiger partial charge is 0.330 e. The summed E-state index contributed by atoms with van der Waals surface area (Å²) in [6, 6.07) is 0. The highest BCUT2D eigenvalue weighted by molar-refractivity contribution is 5.82. The Balaban J connectivity index is 2.02. The van der Waals surface area contributed by atoms with Crippen LogP contribution in [0, 0.1) is 0 Å². The van der Waals surface area contributed by atoms with Crippen LogP contribution in [0.3, 0.4) is 0 Å². The molecule has 0 amide bonds. The van der Waals surface area contributed by atoms with Gasteiger partial charge in [-0.3, -0.25) is 0 Å². The molecule has 112 valence electrons. The average molecular weight is 280 g/mol. The Morgan fingerprint density at radius 3 is 2.85 bits per heavy atom. The summed E-state index contributed by atoms with van der Waals surface area (Å²) in [5.41, 5.74) is 0. The third-order valence-electron chi connectivity index (χ3n) is 2.71. The van der Waals surface area contributed by atoms with Gasteiger partial charge in [-0.1, -0.05) is 30.4 Å². The van der Waals surface area contributed by atoms with E-state index in [9.17, 15) is 4.79 Å². The summed E-state index contributed by atoms with van der Waals surface area (Å²) in [6.45, 7) is 3.67. The van der Waals surface area contributed by atoms with E-state index in [1.165, 1.54) is 12.5 Å². The minimum atomic E-state index is -0.318. The van der Waals surface area contributed by atoms with Crippen LogP contribution < -0.4 is 0 Å². The van der Waals surface area contributed by atoms with Crippen LogP contribution in [0.4, 0.5) is 0 Å². The molecule has 0 spiro atoms. The van der Waals surface area contributed by atoms with E-state index in [0.717, 1.165) is 25.9 Å². The Kier molecular flexibility index (Phi) is 9.53. The number of rotatable bonds is 8. The number of carbonyl (C=O) groups is 1. The normalized spacial score (nSPS) is 20.1. The van der Waals surface area contributed by atoms with Gasteiger partial charge < -0.3 is 14.2 Å². The first-order valence-electron chi connectivity index (χ1n) is 7.22. The fourth-order valence-corrected chi connectivity index (χ4v) is 1.74. The largest absolute Gasteiger partial charge is 0.463 e. The van der Waals surface area contributed by atoms with E-state index < -0.39 is 0 Å². The SMILES string of the molecule is CCOC(=O)/C=C/C=C/C=C/CCOC1CCCCO1. The van der Waals surface area contributed by atoms with Gasteiger partial charge in [-0.2, -0.15) is 0 Å². The molecule has 4 nitrogen and oxygen atoms in total. The Morgan fingerprint density at radius 1 is 1.25 bits per heavy atom. The summed E-state index contributed by atoms with van der Waals surface area (Å²) in [5, 5.41) is 0. The fraction of sp³-hybridized carbons (Fsp3) is 0.562. The van der Waals surface area contributed by atoms with Gasteiger partial charge in [-0.05, 0) is 32.6 Å². The molecule has 0 aromatic rings. The quantitative estimate of drug-likeness (QED) is 0.296. The molecule has 0 saturated carbocycles. The van der Waals surface area contributed by atoms with Crippen LogP contribution in [-0.2, 0) is 19.0 Å². The molecular formula is C16H24O4. The molecule has 1 unspecified atom stereocenters. The first-order valence-corrected chi connectivity index (χ1v) is 7.22. The van der Waals surface area contributed by atoms with Gasteiger partial charge in [-0.25, -0.2) is 4.79 Å². The van der Waals surface area contributed by atoms with Crippen molar-refractivity contribution in [2.45, 2.75) is 38.9 Å². The Hall–Kier alpha value is -1.39. The highest BCUT2D eigenvalue weighted by Gasteiger charge is 2.12. The maximum atomic E-state index is 11.0. The molecule has 1 aliphatic rings. The maximum absolute atomic E-state index is 11.0. The summed E-state index contributed by atoms with van der Waals surface area (Å²) >= 11 is 0. The van der Waals surface area contributed by atoms with Crippen molar-refractivity contribution in [2.24, 2.45) is 0 Å². The van der Waals surface area contributed by atoms with E-state index in [1.807, 2.05) is 18.2 Å². The molecule has 0 radical (unpaired) electrons. The summed E-state index contributed by atoms with van der Waals surface area (Å²) in [4.78, 5) is 11.0. The topological polar surface area (TPSA) is 44.8 Å². The molecule has 0 aromatic carbocycles. The Bertz CT molecular complexity index is 338. The van der Waals surface area contributed by atoms with Crippen LogP contribution in [0.25, 0.3) is 0 Å². The van der Waals surface area contributed by atoms with Crippen LogP contribution in [-0.4, -0.2) is 32.1 Å². The average Bonchev–Trinajstić information content (AvgIpc) is 2.47. The lowest BCUT2D eigenvalue weighted by Crippen LogP contribution is -2.22. The van der Waals surface area contributed by atoms with Crippen molar-refractivity contribution in [3.05, 3.63) is 36.5 Å². The van der Waals surface area contributed by atoms with E-state index in [1.54, 1.807) is 19.1 Å². The molecule has 1 aliphatic heterocycles. The molecule has 1 atom stereocenters. The zero-order chi connectivity index (χ0) is 14.5. The van der Waals surface area contributed by atoms with Crippen molar-refractivity contribution in [3.63, 3.8) is 0 Å². The summed E-state index contributed by atoms with van der Waals surface area (Å²) < 4.78 is 15.8. The van der Waals surface area contributed by atoms with Gasteiger partial charge in [0.25, 0.3) is 0 Å². The first-order chi connectivity index (χ1) is 9.83.